The van der Waals surface area contributed by atoms with Crippen LogP contribution in [0.1, 0.15) is 58.8 Å². The van der Waals surface area contributed by atoms with Crippen molar-refractivity contribution in [3.8, 4) is 0 Å². The van der Waals surface area contributed by atoms with Gasteiger partial charge in [-0.25, -0.2) is 14.6 Å². The molecule has 7 heteroatoms. The van der Waals surface area contributed by atoms with Gasteiger partial charge in [0, 0.05) is 17.1 Å². The number of fused-ring (bicyclic) bond motifs is 1. The number of carbonyl (C=O) groups is 3. The monoisotopic (exact) mass is 386 g/mol. The molecule has 0 N–H and O–H groups in total. The Morgan fingerprint density at radius 1 is 0.893 bits per heavy atom. The van der Waals surface area contributed by atoms with Crippen molar-refractivity contribution in [2.45, 2.75) is 59.7 Å². The number of pyridine rings is 1. The van der Waals surface area contributed by atoms with Crippen LogP contribution in [0.3, 0.4) is 0 Å². The first-order valence-electron chi connectivity index (χ1n) is 8.94. The van der Waals surface area contributed by atoms with Crippen LogP contribution in [0.15, 0.2) is 30.5 Å². The predicted molar refractivity (Wildman–Crippen MR) is 107 cm³/mol. The lowest BCUT2D eigenvalue weighted by Gasteiger charge is -2.28. The molecule has 2 rings (SSSR count). The van der Waals surface area contributed by atoms with Crippen LogP contribution in [-0.4, -0.2) is 34.2 Å². The minimum absolute atomic E-state index is 0.0797. The van der Waals surface area contributed by atoms with Gasteiger partial charge in [-0.1, -0.05) is 6.07 Å². The van der Waals surface area contributed by atoms with E-state index in [2.05, 4.69) is 4.98 Å². The second-order valence-corrected chi connectivity index (χ2v) is 8.42. The van der Waals surface area contributed by atoms with Crippen molar-refractivity contribution < 1.29 is 23.9 Å². The number of benzene rings is 1. The van der Waals surface area contributed by atoms with Crippen molar-refractivity contribution in [3.05, 3.63) is 36.0 Å². The Morgan fingerprint density at radius 2 is 1.43 bits per heavy atom. The van der Waals surface area contributed by atoms with Gasteiger partial charge in [-0.3, -0.25) is 4.79 Å². The molecule has 0 atom stereocenters. The Bertz CT molecular complexity index is 895. The number of carbonyl (C=O) groups excluding carboxylic acids is 3. The Morgan fingerprint density at radius 3 is 1.89 bits per heavy atom. The normalized spacial score (nSPS) is 11.8. The zero-order valence-electron chi connectivity index (χ0n) is 17.3. The van der Waals surface area contributed by atoms with Crippen molar-refractivity contribution in [1.29, 1.82) is 0 Å². The zero-order chi connectivity index (χ0) is 21.3. The van der Waals surface area contributed by atoms with Gasteiger partial charge in [0.25, 0.3) is 0 Å². The molecule has 0 bridgehead atoms. The van der Waals surface area contributed by atoms with Gasteiger partial charge >= 0.3 is 12.2 Å². The summed E-state index contributed by atoms with van der Waals surface area (Å²) in [6.45, 7) is 11.7. The third-order valence-corrected chi connectivity index (χ3v) is 3.51. The number of rotatable bonds is 2. The van der Waals surface area contributed by atoms with Gasteiger partial charge in [0.2, 0.25) is 0 Å². The Balaban J connectivity index is 2.60. The first-order valence-corrected chi connectivity index (χ1v) is 8.94. The smallest absolute Gasteiger partial charge is 0.425 e. The average molecular weight is 386 g/mol. The third-order valence-electron chi connectivity index (χ3n) is 3.51. The van der Waals surface area contributed by atoms with Crippen LogP contribution in [0.5, 0.6) is 0 Å². The average Bonchev–Trinajstić information content (AvgIpc) is 2.51. The van der Waals surface area contributed by atoms with E-state index in [0.717, 1.165) is 4.90 Å². The summed E-state index contributed by atoms with van der Waals surface area (Å²) in [4.78, 5) is 42.3. The number of aromatic nitrogens is 1. The number of anilines is 1. The van der Waals surface area contributed by atoms with E-state index in [9.17, 15) is 14.4 Å². The van der Waals surface area contributed by atoms with E-state index in [-0.39, 0.29) is 11.6 Å². The zero-order valence-corrected chi connectivity index (χ0v) is 17.3. The van der Waals surface area contributed by atoms with Crippen LogP contribution < -0.4 is 4.90 Å². The van der Waals surface area contributed by atoms with E-state index in [1.54, 1.807) is 65.8 Å². The number of imide groups is 1. The van der Waals surface area contributed by atoms with Crippen LogP contribution in [0, 0.1) is 0 Å². The predicted octanol–water partition coefficient (Wildman–Crippen LogP) is 5.11. The highest BCUT2D eigenvalue weighted by Gasteiger charge is 2.34. The maximum absolute atomic E-state index is 12.8. The first-order chi connectivity index (χ1) is 12.8. The highest BCUT2D eigenvalue weighted by Crippen LogP contribution is 2.28. The van der Waals surface area contributed by atoms with E-state index < -0.39 is 23.4 Å². The quantitative estimate of drug-likeness (QED) is 0.666. The van der Waals surface area contributed by atoms with Crippen LogP contribution in [0.4, 0.5) is 15.4 Å². The van der Waals surface area contributed by atoms with Gasteiger partial charge in [0.05, 0.1) is 0 Å². The standard InChI is InChI=1S/C21H26N2O5/c1-13(24)14-8-9-16-15(12-14)10-11-22-17(16)23(18(25)27-20(2,3)4)19(26)28-21(5,6)7/h8-12H,1-7H3. The molecular formula is C21H26N2O5. The van der Waals surface area contributed by atoms with Crippen LogP contribution >= 0.6 is 0 Å². The second-order valence-electron chi connectivity index (χ2n) is 8.42. The summed E-state index contributed by atoms with van der Waals surface area (Å²) in [5, 5.41) is 1.18. The molecule has 2 amide bonds. The van der Waals surface area contributed by atoms with E-state index >= 15 is 0 Å². The van der Waals surface area contributed by atoms with Gasteiger partial charge < -0.3 is 9.47 Å². The molecule has 0 radical (unpaired) electrons. The van der Waals surface area contributed by atoms with E-state index in [0.29, 0.717) is 16.3 Å². The SMILES string of the molecule is CC(=O)c1ccc2c(N(C(=O)OC(C)(C)C)C(=O)OC(C)(C)C)nccc2c1. The minimum atomic E-state index is -0.891. The molecule has 0 spiro atoms. The number of nitrogens with zero attached hydrogens (tertiary/aromatic N) is 2. The van der Waals surface area contributed by atoms with Gasteiger partial charge in [-0.05, 0) is 72.1 Å². The molecule has 0 saturated heterocycles. The van der Waals surface area contributed by atoms with E-state index in [1.807, 2.05) is 0 Å². The second kappa shape index (κ2) is 7.58. The molecule has 1 heterocycles. The Hall–Kier alpha value is -2.96. The van der Waals surface area contributed by atoms with Crippen molar-refractivity contribution in [2.24, 2.45) is 0 Å². The number of hydrogen-bond donors (Lipinski definition) is 0. The summed E-state index contributed by atoms with van der Waals surface area (Å²) < 4.78 is 10.8. The lowest BCUT2D eigenvalue weighted by Crippen LogP contribution is -2.44. The van der Waals surface area contributed by atoms with Gasteiger partial charge in [0.15, 0.2) is 11.6 Å². The number of Topliss-reactive ketones (excluding diaryl/α,β-unsaturated/α-hetero) is 1. The van der Waals surface area contributed by atoms with Crippen molar-refractivity contribution in [2.75, 3.05) is 4.90 Å². The molecule has 1 aromatic heterocycles. The number of hydrogen-bond acceptors (Lipinski definition) is 6. The van der Waals surface area contributed by atoms with Crippen LogP contribution in [0.2, 0.25) is 0 Å². The maximum atomic E-state index is 12.8. The highest BCUT2D eigenvalue weighted by atomic mass is 16.6. The van der Waals surface area contributed by atoms with Crippen molar-refractivity contribution in [1.82, 2.24) is 4.98 Å². The summed E-state index contributed by atoms with van der Waals surface area (Å²) >= 11 is 0. The molecule has 1 aromatic carbocycles. The van der Waals surface area contributed by atoms with Crippen molar-refractivity contribution >= 4 is 34.6 Å². The first kappa shape index (κ1) is 21.3. The summed E-state index contributed by atoms with van der Waals surface area (Å²) in [5.74, 6) is -0.00694. The molecule has 0 fully saturated rings. The molecule has 2 aromatic rings. The highest BCUT2D eigenvalue weighted by molar-refractivity contribution is 6.14. The number of ketones is 1. The number of ether oxygens (including phenoxy) is 2. The molecule has 28 heavy (non-hydrogen) atoms. The molecule has 0 aliphatic rings. The van der Waals surface area contributed by atoms with Crippen molar-refractivity contribution in [3.63, 3.8) is 0 Å². The molecule has 150 valence electrons. The van der Waals surface area contributed by atoms with E-state index in [4.69, 9.17) is 9.47 Å². The summed E-state index contributed by atoms with van der Waals surface area (Å²) in [7, 11) is 0. The van der Waals surface area contributed by atoms with Gasteiger partial charge in [-0.15, -0.1) is 0 Å². The van der Waals surface area contributed by atoms with Gasteiger partial charge in [-0.2, -0.15) is 4.90 Å². The minimum Gasteiger partial charge on any atom is -0.443 e. The molecule has 0 unspecified atom stereocenters. The fourth-order valence-corrected chi connectivity index (χ4v) is 2.42. The fourth-order valence-electron chi connectivity index (χ4n) is 2.42. The molecular weight excluding hydrogens is 360 g/mol. The summed E-state index contributed by atoms with van der Waals surface area (Å²) in [6.07, 6.45) is -0.321. The van der Waals surface area contributed by atoms with Crippen LogP contribution in [0.25, 0.3) is 10.8 Å². The Labute approximate surface area is 164 Å². The molecule has 0 aliphatic heterocycles. The molecule has 0 aliphatic carbocycles. The largest absolute Gasteiger partial charge is 0.443 e. The van der Waals surface area contributed by atoms with E-state index in [1.165, 1.54) is 13.1 Å². The summed E-state index contributed by atoms with van der Waals surface area (Å²) in [5.41, 5.74) is -1.11. The van der Waals surface area contributed by atoms with Crippen LogP contribution in [-0.2, 0) is 9.47 Å². The Kier molecular flexibility index (Phi) is 5.77. The molecule has 7 nitrogen and oxygen atoms in total. The lowest BCUT2D eigenvalue weighted by atomic mass is 10.1. The summed E-state index contributed by atoms with van der Waals surface area (Å²) in [6, 6.07) is 6.66. The van der Waals surface area contributed by atoms with Gasteiger partial charge in [0.1, 0.15) is 11.2 Å². The third kappa shape index (κ3) is 5.28. The number of amides is 2. The lowest BCUT2D eigenvalue weighted by molar-refractivity contribution is 0.0429. The fraction of sp³-hybridized carbons (Fsp3) is 0.429. The maximum Gasteiger partial charge on any atom is 0.425 e. The topological polar surface area (TPSA) is 85.8 Å². The molecule has 0 saturated carbocycles.